The van der Waals surface area contributed by atoms with E-state index < -0.39 is 0 Å². The highest BCUT2D eigenvalue weighted by atomic mass is 16.2. The summed E-state index contributed by atoms with van der Waals surface area (Å²) in [7, 11) is 0. The third-order valence-electron chi connectivity index (χ3n) is 4.61. The van der Waals surface area contributed by atoms with Crippen LogP contribution in [0.15, 0.2) is 18.3 Å². The Bertz CT molecular complexity index is 666. The summed E-state index contributed by atoms with van der Waals surface area (Å²) in [4.78, 5) is 19.2. The number of piperidine rings is 1. The van der Waals surface area contributed by atoms with Crippen LogP contribution in [0.25, 0.3) is 5.65 Å². The van der Waals surface area contributed by atoms with Crippen molar-refractivity contribution in [2.75, 3.05) is 13.1 Å². The van der Waals surface area contributed by atoms with Crippen LogP contribution in [-0.4, -0.2) is 33.3 Å². The summed E-state index contributed by atoms with van der Waals surface area (Å²) in [5.41, 5.74) is 3.93. The summed E-state index contributed by atoms with van der Waals surface area (Å²) in [6.45, 7) is 8.18. The molecule has 1 amide bonds. The van der Waals surface area contributed by atoms with E-state index in [0.29, 0.717) is 0 Å². The number of rotatable bonds is 2. The molecule has 0 N–H and O–H groups in total. The Morgan fingerprint density at radius 3 is 2.71 bits per heavy atom. The topological polar surface area (TPSA) is 37.6 Å². The van der Waals surface area contributed by atoms with E-state index in [-0.39, 0.29) is 5.91 Å². The monoisotopic (exact) mass is 285 g/mol. The summed E-state index contributed by atoms with van der Waals surface area (Å²) >= 11 is 0. The van der Waals surface area contributed by atoms with Gasteiger partial charge in [0.15, 0.2) is 0 Å². The number of aryl methyl sites for hydroxylation is 2. The second-order valence-electron chi connectivity index (χ2n) is 6.12. The first-order valence-electron chi connectivity index (χ1n) is 7.87. The van der Waals surface area contributed by atoms with Gasteiger partial charge in [0.1, 0.15) is 5.65 Å². The van der Waals surface area contributed by atoms with E-state index in [1.807, 2.05) is 27.6 Å². The molecule has 0 bridgehead atoms. The Morgan fingerprint density at radius 2 is 2.05 bits per heavy atom. The molecule has 3 rings (SSSR count). The quantitative estimate of drug-likeness (QED) is 0.850. The minimum absolute atomic E-state index is 0.148. The smallest absolute Gasteiger partial charge is 0.255 e. The van der Waals surface area contributed by atoms with Gasteiger partial charge in [-0.05, 0) is 44.2 Å². The first-order valence-corrected chi connectivity index (χ1v) is 7.87. The molecule has 1 aliphatic rings. The normalized spacial score (nSPS) is 16.6. The third-order valence-corrected chi connectivity index (χ3v) is 4.61. The third kappa shape index (κ3) is 2.55. The zero-order valence-corrected chi connectivity index (χ0v) is 13.1. The van der Waals surface area contributed by atoms with E-state index in [0.717, 1.165) is 60.9 Å². The Hall–Kier alpha value is -1.84. The van der Waals surface area contributed by atoms with Crippen molar-refractivity contribution in [3.63, 3.8) is 0 Å². The van der Waals surface area contributed by atoms with Crippen LogP contribution in [0.4, 0.5) is 0 Å². The van der Waals surface area contributed by atoms with Crippen molar-refractivity contribution in [2.45, 2.75) is 40.0 Å². The van der Waals surface area contributed by atoms with Gasteiger partial charge in [0, 0.05) is 25.0 Å². The van der Waals surface area contributed by atoms with Crippen molar-refractivity contribution in [1.82, 2.24) is 14.3 Å². The molecule has 0 radical (unpaired) electrons. The van der Waals surface area contributed by atoms with E-state index in [9.17, 15) is 4.79 Å². The molecule has 3 heterocycles. The van der Waals surface area contributed by atoms with Gasteiger partial charge < -0.3 is 9.30 Å². The predicted octanol–water partition coefficient (Wildman–Crippen LogP) is 3.08. The van der Waals surface area contributed by atoms with Crippen molar-refractivity contribution in [3.05, 3.63) is 35.3 Å². The van der Waals surface area contributed by atoms with E-state index in [1.54, 1.807) is 0 Å². The highest BCUT2D eigenvalue weighted by Crippen LogP contribution is 2.19. The Balaban J connectivity index is 1.90. The van der Waals surface area contributed by atoms with Gasteiger partial charge in [-0.3, -0.25) is 4.79 Å². The molecule has 4 heteroatoms. The van der Waals surface area contributed by atoms with Gasteiger partial charge >= 0.3 is 0 Å². The van der Waals surface area contributed by atoms with E-state index in [4.69, 9.17) is 0 Å². The summed E-state index contributed by atoms with van der Waals surface area (Å²) in [6.07, 6.45) is 5.08. The molecule has 1 saturated heterocycles. The van der Waals surface area contributed by atoms with Crippen LogP contribution in [-0.2, 0) is 6.42 Å². The van der Waals surface area contributed by atoms with Crippen LogP contribution in [0.2, 0.25) is 0 Å². The fraction of sp³-hybridized carbons (Fsp3) is 0.529. The molecule has 1 aliphatic heterocycles. The lowest BCUT2D eigenvalue weighted by atomic mass is 9.99. The lowest BCUT2D eigenvalue weighted by Gasteiger charge is -2.30. The number of imidazole rings is 1. The number of fused-ring (bicyclic) bond motifs is 1. The van der Waals surface area contributed by atoms with Crippen LogP contribution in [0.3, 0.4) is 0 Å². The average Bonchev–Trinajstić information content (AvgIpc) is 2.83. The van der Waals surface area contributed by atoms with E-state index >= 15 is 0 Å². The number of hydrogen-bond acceptors (Lipinski definition) is 2. The molecule has 1 fully saturated rings. The van der Waals surface area contributed by atoms with Crippen molar-refractivity contribution in [2.24, 2.45) is 5.92 Å². The molecule has 0 aliphatic carbocycles. The summed E-state index contributed by atoms with van der Waals surface area (Å²) in [5, 5.41) is 0. The number of aromatic nitrogens is 2. The number of nitrogens with zero attached hydrogens (tertiary/aromatic N) is 3. The molecule has 4 nitrogen and oxygen atoms in total. The Morgan fingerprint density at radius 1 is 1.33 bits per heavy atom. The maximum absolute atomic E-state index is 12.6. The van der Waals surface area contributed by atoms with Crippen molar-refractivity contribution < 1.29 is 4.79 Å². The average molecular weight is 285 g/mol. The zero-order chi connectivity index (χ0) is 15.0. The van der Waals surface area contributed by atoms with Gasteiger partial charge in [-0.25, -0.2) is 4.98 Å². The molecule has 0 unspecified atom stereocenters. The number of carbonyl (C=O) groups excluding carboxylic acids is 1. The summed E-state index contributed by atoms with van der Waals surface area (Å²) in [5.74, 6) is 0.884. The van der Waals surface area contributed by atoms with Crippen LogP contribution in [0.5, 0.6) is 0 Å². The van der Waals surface area contributed by atoms with Crippen LogP contribution in [0.1, 0.15) is 48.4 Å². The van der Waals surface area contributed by atoms with Crippen LogP contribution in [0, 0.1) is 12.8 Å². The van der Waals surface area contributed by atoms with Crippen LogP contribution < -0.4 is 0 Å². The predicted molar refractivity (Wildman–Crippen MR) is 83.6 cm³/mol. The number of pyridine rings is 1. The first-order chi connectivity index (χ1) is 10.1. The number of amides is 1. The van der Waals surface area contributed by atoms with Crippen molar-refractivity contribution >= 4 is 11.6 Å². The molecule has 0 saturated carbocycles. The van der Waals surface area contributed by atoms with E-state index in [2.05, 4.69) is 25.8 Å². The van der Waals surface area contributed by atoms with Gasteiger partial charge in [-0.1, -0.05) is 13.8 Å². The second kappa shape index (κ2) is 5.51. The van der Waals surface area contributed by atoms with Gasteiger partial charge in [0.2, 0.25) is 0 Å². The lowest BCUT2D eigenvalue weighted by Crippen LogP contribution is -2.38. The van der Waals surface area contributed by atoms with E-state index in [1.165, 1.54) is 0 Å². The summed E-state index contributed by atoms with van der Waals surface area (Å²) < 4.78 is 2.04. The van der Waals surface area contributed by atoms with Gasteiger partial charge in [-0.2, -0.15) is 0 Å². The number of hydrogen-bond donors (Lipinski definition) is 0. The highest BCUT2D eigenvalue weighted by molar-refractivity contribution is 5.94. The van der Waals surface area contributed by atoms with Crippen LogP contribution >= 0.6 is 0 Å². The molecule has 112 valence electrons. The Labute approximate surface area is 125 Å². The number of carbonyl (C=O) groups is 1. The Kier molecular flexibility index (Phi) is 3.70. The first kappa shape index (κ1) is 14.1. The van der Waals surface area contributed by atoms with Crippen molar-refractivity contribution in [3.8, 4) is 0 Å². The molecular formula is C17H23N3O. The molecule has 0 atom stereocenters. The van der Waals surface area contributed by atoms with Gasteiger partial charge in [-0.15, -0.1) is 0 Å². The van der Waals surface area contributed by atoms with Crippen molar-refractivity contribution in [1.29, 1.82) is 0 Å². The fourth-order valence-corrected chi connectivity index (χ4v) is 3.07. The van der Waals surface area contributed by atoms with Gasteiger partial charge in [0.05, 0.1) is 11.3 Å². The largest absolute Gasteiger partial charge is 0.339 e. The fourth-order valence-electron chi connectivity index (χ4n) is 3.07. The summed E-state index contributed by atoms with van der Waals surface area (Å²) in [6, 6.07) is 3.85. The maximum atomic E-state index is 12.6. The van der Waals surface area contributed by atoms with Gasteiger partial charge in [0.25, 0.3) is 5.91 Å². The highest BCUT2D eigenvalue weighted by Gasteiger charge is 2.22. The molecule has 2 aromatic heterocycles. The standard InChI is InChI=1S/C17H23N3O/c1-4-15-13(3)20-11-14(5-6-16(20)18-15)17(21)19-9-7-12(2)8-10-19/h5-6,11-12H,4,7-10H2,1-3H3. The minimum Gasteiger partial charge on any atom is -0.339 e. The molecular weight excluding hydrogens is 262 g/mol. The molecule has 2 aromatic rings. The zero-order valence-electron chi connectivity index (χ0n) is 13.1. The second-order valence-corrected chi connectivity index (χ2v) is 6.12. The maximum Gasteiger partial charge on any atom is 0.255 e. The molecule has 0 spiro atoms. The minimum atomic E-state index is 0.148. The molecule has 21 heavy (non-hydrogen) atoms. The number of likely N-dealkylation sites (tertiary alicyclic amines) is 1. The lowest BCUT2D eigenvalue weighted by molar-refractivity contribution is 0.0696. The molecule has 0 aromatic carbocycles. The SMILES string of the molecule is CCc1nc2ccc(C(=O)N3CCC(C)CC3)cn2c1C.